The van der Waals surface area contributed by atoms with Crippen LogP contribution in [0.15, 0.2) is 77.9 Å². The average Bonchev–Trinajstić information content (AvgIpc) is 2.65. The third-order valence-electron chi connectivity index (χ3n) is 3.64. The Kier molecular flexibility index (Phi) is 6.03. The predicted octanol–water partition coefficient (Wildman–Crippen LogP) is 5.30. The average molecular weight is 491 g/mol. The molecule has 7 heteroatoms. The van der Waals surface area contributed by atoms with Gasteiger partial charge < -0.3 is 9.25 Å². The third-order valence-corrected chi connectivity index (χ3v) is 4.66. The van der Waals surface area contributed by atoms with E-state index >= 15 is 0 Å². The topological polar surface area (TPSA) is 68.9 Å². The first-order valence-electron chi connectivity index (χ1n) is 7.85. The second-order valence-electron chi connectivity index (χ2n) is 5.60. The summed E-state index contributed by atoms with van der Waals surface area (Å²) >= 11 is 6.67. The molecule has 0 fully saturated rings. The van der Waals surface area contributed by atoms with Gasteiger partial charge in [0.1, 0.15) is 5.58 Å². The summed E-state index contributed by atoms with van der Waals surface area (Å²) in [6.45, 7) is 1.57. The van der Waals surface area contributed by atoms with Gasteiger partial charge in [0.05, 0.1) is 11.3 Å². The van der Waals surface area contributed by atoms with Crippen LogP contribution in [-0.2, 0) is 9.63 Å². The van der Waals surface area contributed by atoms with Crippen LogP contribution < -0.4 is 5.63 Å². The Morgan fingerprint density at radius 1 is 1.07 bits per heavy atom. The fraction of sp³-hybridized carbons (Fsp3) is 0.0500. The molecule has 0 spiro atoms. The number of fused-ring (bicyclic) bond motifs is 1. The van der Waals surface area contributed by atoms with E-state index in [1.807, 2.05) is 36.4 Å². The summed E-state index contributed by atoms with van der Waals surface area (Å²) in [4.78, 5) is 28.8. The molecular formula is C20H13Br2NO4. The molecule has 2 aromatic carbocycles. The number of hydrogen-bond donors (Lipinski definition) is 0. The van der Waals surface area contributed by atoms with Gasteiger partial charge in [0, 0.05) is 20.4 Å². The number of halogens is 2. The van der Waals surface area contributed by atoms with E-state index in [2.05, 4.69) is 37.0 Å². The molecule has 27 heavy (non-hydrogen) atoms. The van der Waals surface area contributed by atoms with Crippen LogP contribution in [0.1, 0.15) is 18.1 Å². The first kappa shape index (κ1) is 19.3. The van der Waals surface area contributed by atoms with Gasteiger partial charge in [-0.25, -0.2) is 9.59 Å². The van der Waals surface area contributed by atoms with Gasteiger partial charge in [-0.15, -0.1) is 0 Å². The maximum absolute atomic E-state index is 12.1. The van der Waals surface area contributed by atoms with Crippen molar-refractivity contribution in [2.45, 2.75) is 6.92 Å². The summed E-state index contributed by atoms with van der Waals surface area (Å²) in [7, 11) is 0. The lowest BCUT2D eigenvalue weighted by Gasteiger charge is -2.02. The molecule has 0 atom stereocenters. The zero-order chi connectivity index (χ0) is 19.4. The molecule has 5 nitrogen and oxygen atoms in total. The van der Waals surface area contributed by atoms with Gasteiger partial charge in [0.15, 0.2) is 0 Å². The van der Waals surface area contributed by atoms with Crippen LogP contribution in [0.25, 0.3) is 17.0 Å². The van der Waals surface area contributed by atoms with Crippen molar-refractivity contribution in [1.82, 2.24) is 0 Å². The molecular weight excluding hydrogens is 478 g/mol. The molecule has 0 saturated carbocycles. The number of carbonyl (C=O) groups is 1. The highest BCUT2D eigenvalue weighted by Crippen LogP contribution is 2.19. The zero-order valence-electron chi connectivity index (χ0n) is 14.1. The minimum atomic E-state index is -0.647. The Morgan fingerprint density at radius 2 is 1.78 bits per heavy atom. The van der Waals surface area contributed by atoms with Crippen LogP contribution in [0.5, 0.6) is 0 Å². The Hall–Kier alpha value is -2.51. The van der Waals surface area contributed by atoms with Crippen molar-refractivity contribution in [2.75, 3.05) is 0 Å². The molecule has 0 aliphatic carbocycles. The van der Waals surface area contributed by atoms with Crippen molar-refractivity contribution in [3.05, 3.63) is 85.1 Å². The van der Waals surface area contributed by atoms with Crippen molar-refractivity contribution >= 4 is 60.6 Å². The normalized spacial score (nSPS) is 11.9. The Bertz CT molecular complexity index is 1120. The lowest BCUT2D eigenvalue weighted by atomic mass is 10.1. The summed E-state index contributed by atoms with van der Waals surface area (Å²) in [5.41, 5.74) is 1.23. The Labute approximate surface area is 171 Å². The van der Waals surface area contributed by atoms with Crippen molar-refractivity contribution < 1.29 is 14.0 Å². The molecule has 0 bridgehead atoms. The summed E-state index contributed by atoms with van der Waals surface area (Å²) in [5.74, 6) is -0.647. The number of benzene rings is 2. The van der Waals surface area contributed by atoms with Crippen molar-refractivity contribution in [1.29, 1.82) is 0 Å². The highest BCUT2D eigenvalue weighted by molar-refractivity contribution is 9.10. The van der Waals surface area contributed by atoms with E-state index in [1.54, 1.807) is 25.1 Å². The van der Waals surface area contributed by atoms with Gasteiger partial charge in [-0.3, -0.25) is 0 Å². The maximum atomic E-state index is 12.1. The molecule has 3 aromatic rings. The van der Waals surface area contributed by atoms with Crippen LogP contribution in [0.4, 0.5) is 0 Å². The van der Waals surface area contributed by atoms with Crippen LogP contribution >= 0.6 is 31.9 Å². The maximum Gasteiger partial charge on any atom is 0.358 e. The quantitative estimate of drug-likeness (QED) is 0.163. The van der Waals surface area contributed by atoms with Crippen molar-refractivity contribution in [3.8, 4) is 0 Å². The van der Waals surface area contributed by atoms with E-state index in [1.165, 1.54) is 6.08 Å². The molecule has 0 aliphatic heterocycles. The van der Waals surface area contributed by atoms with Gasteiger partial charge >= 0.3 is 11.6 Å². The van der Waals surface area contributed by atoms with Crippen LogP contribution in [-0.4, -0.2) is 11.7 Å². The highest BCUT2D eigenvalue weighted by atomic mass is 79.9. The largest absolute Gasteiger partial charge is 0.422 e. The molecule has 0 unspecified atom stereocenters. The predicted molar refractivity (Wildman–Crippen MR) is 112 cm³/mol. The van der Waals surface area contributed by atoms with Gasteiger partial charge in [-0.05, 0) is 48.9 Å². The molecule has 1 aromatic heterocycles. The van der Waals surface area contributed by atoms with Crippen LogP contribution in [0.3, 0.4) is 0 Å². The van der Waals surface area contributed by atoms with E-state index < -0.39 is 11.6 Å². The standard InChI is InChI=1S/C20H13Br2NO4/c1-12(17-10-14-5-8-16(22)11-18(14)26-20(17)25)23-27-19(24)9-4-13-2-6-15(21)7-3-13/h2-11H,1H3/b9-4+,23-12+. The second-order valence-corrected chi connectivity index (χ2v) is 7.43. The molecule has 1 heterocycles. The fourth-order valence-corrected chi connectivity index (χ4v) is 2.87. The fourth-order valence-electron chi connectivity index (χ4n) is 2.27. The van der Waals surface area contributed by atoms with Gasteiger partial charge in [0.25, 0.3) is 0 Å². The van der Waals surface area contributed by atoms with Gasteiger partial charge in [0.2, 0.25) is 0 Å². The van der Waals surface area contributed by atoms with Crippen LogP contribution in [0, 0.1) is 0 Å². The van der Waals surface area contributed by atoms with Gasteiger partial charge in [-0.2, -0.15) is 0 Å². The summed E-state index contributed by atoms with van der Waals surface area (Å²) < 4.78 is 7.05. The third kappa shape index (κ3) is 5.02. The highest BCUT2D eigenvalue weighted by Gasteiger charge is 2.10. The SMILES string of the molecule is C/C(=N\OC(=O)/C=C/c1ccc(Br)cc1)c1cc2ccc(Br)cc2oc1=O. The zero-order valence-corrected chi connectivity index (χ0v) is 17.3. The van der Waals surface area contributed by atoms with Crippen LogP contribution in [0.2, 0.25) is 0 Å². The Balaban J connectivity index is 1.75. The first-order chi connectivity index (χ1) is 12.9. The summed E-state index contributed by atoms with van der Waals surface area (Å²) in [6, 6.07) is 14.4. The van der Waals surface area contributed by atoms with E-state index in [4.69, 9.17) is 9.25 Å². The monoisotopic (exact) mass is 489 g/mol. The second kappa shape index (κ2) is 8.45. The van der Waals surface area contributed by atoms with Gasteiger partial charge in [-0.1, -0.05) is 55.2 Å². The minimum absolute atomic E-state index is 0.231. The number of nitrogens with zero attached hydrogens (tertiary/aromatic N) is 1. The minimum Gasteiger partial charge on any atom is -0.422 e. The number of carbonyl (C=O) groups excluding carboxylic acids is 1. The molecule has 0 aliphatic rings. The summed E-state index contributed by atoms with van der Waals surface area (Å²) in [5, 5.41) is 4.48. The lowest BCUT2D eigenvalue weighted by molar-refractivity contribution is -0.137. The first-order valence-corrected chi connectivity index (χ1v) is 9.44. The number of hydrogen-bond acceptors (Lipinski definition) is 5. The smallest absolute Gasteiger partial charge is 0.358 e. The van der Waals surface area contributed by atoms with Crippen molar-refractivity contribution in [2.24, 2.45) is 5.16 Å². The summed E-state index contributed by atoms with van der Waals surface area (Å²) in [6.07, 6.45) is 2.88. The Morgan fingerprint density at radius 3 is 2.52 bits per heavy atom. The molecule has 0 saturated heterocycles. The molecule has 0 amide bonds. The lowest BCUT2D eigenvalue weighted by Crippen LogP contribution is -2.13. The van der Waals surface area contributed by atoms with E-state index in [0.717, 1.165) is 19.9 Å². The van der Waals surface area contributed by atoms with E-state index in [-0.39, 0.29) is 11.3 Å². The molecule has 136 valence electrons. The number of oxime groups is 1. The molecule has 3 rings (SSSR count). The molecule has 0 N–H and O–H groups in total. The van der Waals surface area contributed by atoms with Crippen molar-refractivity contribution in [3.63, 3.8) is 0 Å². The number of rotatable bonds is 4. The van der Waals surface area contributed by atoms with E-state index in [9.17, 15) is 9.59 Å². The molecule has 0 radical (unpaired) electrons. The van der Waals surface area contributed by atoms with E-state index in [0.29, 0.717) is 5.58 Å².